The summed E-state index contributed by atoms with van der Waals surface area (Å²) in [6.45, 7) is 18.5. The van der Waals surface area contributed by atoms with Crippen molar-refractivity contribution in [3.63, 3.8) is 0 Å². The molecule has 4 N–H and O–H groups in total. The summed E-state index contributed by atoms with van der Waals surface area (Å²) < 4.78 is 18.6. The Hall–Kier alpha value is -2.61. The molecule has 1 fully saturated rings. The van der Waals surface area contributed by atoms with Gasteiger partial charge in [-0.25, -0.2) is 4.79 Å². The highest BCUT2D eigenvalue weighted by Gasteiger charge is 2.50. The van der Waals surface area contributed by atoms with Crippen molar-refractivity contribution < 1.29 is 43.6 Å². The number of nitrogens with one attached hydrogen (secondary N) is 2. The number of Topliss-reactive ketones (excluding diaryl/α,β-unsaturated/α-hetero) is 1. The van der Waals surface area contributed by atoms with Crippen LogP contribution in [0, 0.1) is 29.1 Å². The summed E-state index contributed by atoms with van der Waals surface area (Å²) in [7, 11) is 1.78. The van der Waals surface area contributed by atoms with Crippen molar-refractivity contribution in [1.82, 2.24) is 15.7 Å². The standard InChI is InChI=1S/C39H67N3O9/c1-26-20-27(2)35(45)39(9,51-37(47)41-22-33-14-12-11-13-15-33)25-38(8,17-18-42(10)50-24-30(5)44)32(7)34(31(6)36(46)49-23-26)48-19-16-28(3)40-21-29(4)43/h11-15,26-32,34,40,43-44H,16-25H2,1-10H3,(H,41,47)/t26-,27?,28+,29+,30?,31?,32+,34-,38?,39+/m1/s1. The molecule has 0 aromatic heterocycles. The fourth-order valence-electron chi connectivity index (χ4n) is 6.91. The van der Waals surface area contributed by atoms with E-state index in [0.29, 0.717) is 39.0 Å². The lowest BCUT2D eigenvalue weighted by atomic mass is 9.64. The first kappa shape index (κ1) is 44.6. The molecule has 4 unspecified atom stereocenters. The summed E-state index contributed by atoms with van der Waals surface area (Å²) >= 11 is 0. The molecule has 1 aromatic carbocycles. The average Bonchev–Trinajstić information content (AvgIpc) is 3.07. The summed E-state index contributed by atoms with van der Waals surface area (Å²) in [4.78, 5) is 47.3. The van der Waals surface area contributed by atoms with Crippen molar-refractivity contribution in [3.05, 3.63) is 35.9 Å². The Bertz CT molecular complexity index is 1200. The number of amides is 1. The van der Waals surface area contributed by atoms with Crippen LogP contribution in [0.4, 0.5) is 4.79 Å². The lowest BCUT2D eigenvalue weighted by Crippen LogP contribution is -2.52. The summed E-state index contributed by atoms with van der Waals surface area (Å²) in [5.41, 5.74) is -1.36. The minimum absolute atomic E-state index is 0.0593. The van der Waals surface area contributed by atoms with E-state index in [2.05, 4.69) is 10.6 Å². The van der Waals surface area contributed by atoms with Crippen molar-refractivity contribution in [2.75, 3.05) is 40.0 Å². The molecule has 2 rings (SSSR count). The van der Waals surface area contributed by atoms with E-state index < -0.39 is 47.3 Å². The predicted molar refractivity (Wildman–Crippen MR) is 197 cm³/mol. The van der Waals surface area contributed by atoms with Crippen LogP contribution >= 0.6 is 0 Å². The number of rotatable bonds is 16. The molecule has 10 atom stereocenters. The molecule has 0 aliphatic carbocycles. The van der Waals surface area contributed by atoms with Crippen LogP contribution in [0.5, 0.6) is 0 Å². The number of ether oxygens (including phenoxy) is 3. The van der Waals surface area contributed by atoms with Gasteiger partial charge in [-0.2, -0.15) is 5.06 Å². The molecule has 12 nitrogen and oxygen atoms in total. The van der Waals surface area contributed by atoms with Crippen molar-refractivity contribution in [3.8, 4) is 0 Å². The second-order valence-electron chi connectivity index (χ2n) is 15.6. The Balaban J connectivity index is 2.54. The number of nitrogens with zero attached hydrogens (tertiary/aromatic N) is 1. The maximum absolute atomic E-state index is 14.5. The number of esters is 1. The van der Waals surface area contributed by atoms with Crippen molar-refractivity contribution >= 4 is 17.8 Å². The minimum Gasteiger partial charge on any atom is -0.465 e. The highest BCUT2D eigenvalue weighted by Crippen LogP contribution is 2.46. The van der Waals surface area contributed by atoms with Gasteiger partial charge in [0.25, 0.3) is 0 Å². The monoisotopic (exact) mass is 721 g/mol. The Morgan fingerprint density at radius 3 is 2.35 bits per heavy atom. The number of alkyl carbamates (subject to hydrolysis) is 1. The van der Waals surface area contributed by atoms with E-state index >= 15 is 0 Å². The molecule has 0 radical (unpaired) electrons. The summed E-state index contributed by atoms with van der Waals surface area (Å²) in [6, 6.07) is 9.54. The number of hydrogen-bond donors (Lipinski definition) is 4. The molecule has 51 heavy (non-hydrogen) atoms. The number of carbonyl (C=O) groups excluding carboxylic acids is 3. The van der Waals surface area contributed by atoms with Crippen molar-refractivity contribution in [1.29, 1.82) is 0 Å². The largest absolute Gasteiger partial charge is 0.465 e. The van der Waals surface area contributed by atoms with Gasteiger partial charge in [0.2, 0.25) is 0 Å². The van der Waals surface area contributed by atoms with E-state index in [0.717, 1.165) is 5.56 Å². The molecule has 1 heterocycles. The number of benzene rings is 1. The zero-order valence-corrected chi connectivity index (χ0v) is 32.8. The van der Waals surface area contributed by atoms with E-state index in [4.69, 9.17) is 19.0 Å². The van der Waals surface area contributed by atoms with Gasteiger partial charge in [-0.05, 0) is 76.7 Å². The number of carbonyl (C=O) groups is 3. The maximum Gasteiger partial charge on any atom is 0.408 e. The van der Waals surface area contributed by atoms with E-state index in [1.54, 1.807) is 32.9 Å². The Kier molecular flexibility index (Phi) is 18.5. The smallest absolute Gasteiger partial charge is 0.408 e. The van der Waals surface area contributed by atoms with Crippen LogP contribution < -0.4 is 10.6 Å². The fraction of sp³-hybridized carbons (Fsp3) is 0.769. The van der Waals surface area contributed by atoms with Crippen LogP contribution in [0.3, 0.4) is 0 Å². The Morgan fingerprint density at radius 2 is 1.73 bits per heavy atom. The molecule has 12 heteroatoms. The molecule has 1 saturated heterocycles. The number of ketones is 1. The number of hydrogen-bond acceptors (Lipinski definition) is 11. The normalized spacial score (nSPS) is 29.9. The Morgan fingerprint density at radius 1 is 1.06 bits per heavy atom. The highest BCUT2D eigenvalue weighted by atomic mass is 16.7. The zero-order chi connectivity index (χ0) is 38.4. The third kappa shape index (κ3) is 15.1. The molecule has 0 spiro atoms. The lowest BCUT2D eigenvalue weighted by Gasteiger charge is -2.46. The minimum atomic E-state index is -1.52. The zero-order valence-electron chi connectivity index (χ0n) is 32.8. The third-order valence-corrected chi connectivity index (χ3v) is 10.2. The first-order valence-corrected chi connectivity index (χ1v) is 18.6. The topological polar surface area (TPSA) is 156 Å². The highest BCUT2D eigenvalue weighted by molar-refractivity contribution is 5.91. The quantitative estimate of drug-likeness (QED) is 0.136. The van der Waals surface area contributed by atoms with Gasteiger partial charge < -0.3 is 35.1 Å². The van der Waals surface area contributed by atoms with E-state index in [1.165, 1.54) is 0 Å². The molecular formula is C39H67N3O9. The van der Waals surface area contributed by atoms with E-state index in [-0.39, 0.29) is 55.8 Å². The van der Waals surface area contributed by atoms with Crippen LogP contribution in [0.25, 0.3) is 0 Å². The van der Waals surface area contributed by atoms with Crippen LogP contribution in [0.1, 0.15) is 93.6 Å². The molecule has 1 aliphatic heterocycles. The number of cyclic esters (lactones) is 1. The van der Waals surface area contributed by atoms with Gasteiger partial charge >= 0.3 is 12.1 Å². The maximum atomic E-state index is 14.5. The molecule has 1 amide bonds. The van der Waals surface area contributed by atoms with Crippen LogP contribution in [0.2, 0.25) is 0 Å². The van der Waals surface area contributed by atoms with Gasteiger partial charge in [0.1, 0.15) is 0 Å². The number of hydroxylamine groups is 2. The number of aliphatic hydroxyl groups is 2. The average molecular weight is 722 g/mol. The summed E-state index contributed by atoms with van der Waals surface area (Å²) in [5, 5.41) is 27.3. The van der Waals surface area contributed by atoms with Gasteiger partial charge in [-0.1, -0.05) is 58.0 Å². The third-order valence-electron chi connectivity index (χ3n) is 10.2. The summed E-state index contributed by atoms with van der Waals surface area (Å²) in [5.74, 6) is -2.12. The molecule has 1 aliphatic rings. The first-order chi connectivity index (χ1) is 23.9. The predicted octanol–water partition coefficient (Wildman–Crippen LogP) is 4.90. The van der Waals surface area contributed by atoms with Crippen LogP contribution in [-0.4, -0.2) is 103 Å². The lowest BCUT2D eigenvalue weighted by molar-refractivity contribution is -0.172. The SMILES string of the molecule is CC(O)CON(C)CCC1(C)C[C@](C)(OC(=O)NCc2ccccc2)C(=O)C(C)C[C@@H](C)COC(=O)C(C)[C@@H](OCC[C@H](C)NC[C@H](C)O)[C@@H]1C. The van der Waals surface area contributed by atoms with Crippen LogP contribution in [-0.2, 0) is 35.2 Å². The molecule has 0 bridgehead atoms. The van der Waals surface area contributed by atoms with Gasteiger partial charge in [-0.15, -0.1) is 0 Å². The molecule has 0 saturated carbocycles. The Labute approximate surface area is 306 Å². The van der Waals surface area contributed by atoms with Gasteiger partial charge in [0.05, 0.1) is 37.4 Å². The molecule has 1 aromatic rings. The molecular weight excluding hydrogens is 654 g/mol. The molecule has 292 valence electrons. The van der Waals surface area contributed by atoms with Crippen molar-refractivity contribution in [2.45, 2.75) is 124 Å². The van der Waals surface area contributed by atoms with E-state index in [1.807, 2.05) is 71.9 Å². The number of aliphatic hydroxyl groups excluding tert-OH is 2. The van der Waals surface area contributed by atoms with Gasteiger partial charge in [-0.3, -0.25) is 14.4 Å². The van der Waals surface area contributed by atoms with Gasteiger partial charge in [0, 0.05) is 51.7 Å². The van der Waals surface area contributed by atoms with Crippen LogP contribution in [0.15, 0.2) is 30.3 Å². The second kappa shape index (κ2) is 21.2. The first-order valence-electron chi connectivity index (χ1n) is 18.6. The van der Waals surface area contributed by atoms with Crippen molar-refractivity contribution in [2.24, 2.45) is 29.1 Å². The second-order valence-corrected chi connectivity index (χ2v) is 15.6. The summed E-state index contributed by atoms with van der Waals surface area (Å²) in [6.07, 6.45) is -0.685. The van der Waals surface area contributed by atoms with Gasteiger partial charge in [0.15, 0.2) is 11.4 Å². The van der Waals surface area contributed by atoms with E-state index in [9.17, 15) is 24.6 Å². The fourth-order valence-corrected chi connectivity index (χ4v) is 6.91.